The third-order valence-corrected chi connectivity index (χ3v) is 8.38. The minimum Gasteiger partial charge on any atom is -0.481 e. The lowest BCUT2D eigenvalue weighted by Crippen LogP contribution is -2.31. The molecule has 1 aromatic heterocycles. The van der Waals surface area contributed by atoms with Crippen LogP contribution in [-0.2, 0) is 32.2 Å². The van der Waals surface area contributed by atoms with E-state index in [9.17, 15) is 14.7 Å². The molecule has 1 aliphatic rings. The van der Waals surface area contributed by atoms with Crippen LogP contribution in [0.1, 0.15) is 66.8 Å². The van der Waals surface area contributed by atoms with Crippen LogP contribution in [0.4, 0.5) is 0 Å². The zero-order valence-corrected chi connectivity index (χ0v) is 25.0. The van der Waals surface area contributed by atoms with Crippen LogP contribution < -0.4 is 5.32 Å². The number of hydrogen-bond acceptors (Lipinski definition) is 8. The number of amides is 1. The number of carbonyl (C=O) groups is 2. The fourth-order valence-electron chi connectivity index (χ4n) is 5.03. The number of aromatic nitrogens is 3. The number of benzene rings is 3. The summed E-state index contributed by atoms with van der Waals surface area (Å²) in [6, 6.07) is 23.9. The third-order valence-electron chi connectivity index (χ3n) is 7.37. The van der Waals surface area contributed by atoms with Crippen LogP contribution in [0.3, 0.4) is 0 Å². The Morgan fingerprint density at radius 1 is 0.932 bits per heavy atom. The Kier molecular flexibility index (Phi) is 11.1. The number of aliphatic hydroxyl groups is 1. The van der Waals surface area contributed by atoms with E-state index in [-0.39, 0.29) is 31.1 Å². The SMILES string of the molecule is O=C(O)CCCCC(=O)NCc1cccc(-c2cccc(C3OC(CSc4ncn[nH]4)CC(c4ccc(CO)cc4)O3)c2)c1. The van der Waals surface area contributed by atoms with Crippen LogP contribution in [0, 0.1) is 0 Å². The Labute approximate surface area is 260 Å². The van der Waals surface area contributed by atoms with Crippen molar-refractivity contribution in [3.8, 4) is 11.1 Å². The molecule has 0 spiro atoms. The van der Waals surface area contributed by atoms with Crippen molar-refractivity contribution in [2.75, 3.05) is 5.75 Å². The minimum absolute atomic E-state index is 0.0110. The molecule has 4 aromatic rings. The van der Waals surface area contributed by atoms with E-state index in [1.165, 1.54) is 6.33 Å². The van der Waals surface area contributed by atoms with Gasteiger partial charge in [-0.1, -0.05) is 72.4 Å². The van der Waals surface area contributed by atoms with E-state index in [0.717, 1.165) is 38.5 Å². The average molecular weight is 617 g/mol. The van der Waals surface area contributed by atoms with Gasteiger partial charge < -0.3 is 25.0 Å². The van der Waals surface area contributed by atoms with Crippen molar-refractivity contribution in [1.29, 1.82) is 0 Å². The number of rotatable bonds is 14. The van der Waals surface area contributed by atoms with Crippen molar-refractivity contribution in [1.82, 2.24) is 20.5 Å². The van der Waals surface area contributed by atoms with E-state index in [1.54, 1.807) is 11.8 Å². The van der Waals surface area contributed by atoms with E-state index in [1.807, 2.05) is 60.7 Å². The molecule has 3 atom stereocenters. The first kappa shape index (κ1) is 31.4. The van der Waals surface area contributed by atoms with Crippen molar-refractivity contribution in [2.45, 2.75) is 68.9 Å². The summed E-state index contributed by atoms with van der Waals surface area (Å²) in [5, 5.41) is 28.7. The molecule has 1 fully saturated rings. The number of unbranched alkanes of at least 4 members (excludes halogenated alkanes) is 1. The highest BCUT2D eigenvalue weighted by Gasteiger charge is 2.32. The first-order valence-electron chi connectivity index (χ1n) is 14.6. The summed E-state index contributed by atoms with van der Waals surface area (Å²) in [6.45, 7) is 0.379. The lowest BCUT2D eigenvalue weighted by atomic mass is 9.99. The standard InChI is InChI=1S/C33H36N4O6S/c38-19-22-11-13-24(14-12-22)29-17-28(20-44-33-35-21-36-37-33)42-32(43-29)27-8-4-7-26(16-27)25-6-3-5-23(15-25)18-34-30(39)9-1-2-10-31(40)41/h3-8,11-16,21,28-29,32,38H,1-2,9-10,17-20H2,(H,34,39)(H,40,41)(H,35,36,37). The number of ether oxygens (including phenoxy) is 2. The van der Waals surface area contributed by atoms with Gasteiger partial charge in [-0.15, -0.1) is 0 Å². The normalized spacial score (nSPS) is 18.2. The highest BCUT2D eigenvalue weighted by Crippen LogP contribution is 2.40. The maximum Gasteiger partial charge on any atom is 0.303 e. The van der Waals surface area contributed by atoms with Crippen LogP contribution in [0.5, 0.6) is 0 Å². The van der Waals surface area contributed by atoms with E-state index < -0.39 is 12.3 Å². The van der Waals surface area contributed by atoms with Crippen molar-refractivity contribution in [2.24, 2.45) is 0 Å². The molecule has 5 rings (SSSR count). The van der Waals surface area contributed by atoms with Gasteiger partial charge in [0.25, 0.3) is 0 Å². The second-order valence-electron chi connectivity index (χ2n) is 10.7. The predicted octanol–water partition coefficient (Wildman–Crippen LogP) is 5.56. The molecular weight excluding hydrogens is 580 g/mol. The number of carboxylic acids is 1. The van der Waals surface area contributed by atoms with Gasteiger partial charge in [0.1, 0.15) is 6.33 Å². The van der Waals surface area contributed by atoms with Gasteiger partial charge in [-0.25, -0.2) is 4.98 Å². The van der Waals surface area contributed by atoms with Crippen LogP contribution in [0.2, 0.25) is 0 Å². The van der Waals surface area contributed by atoms with E-state index in [0.29, 0.717) is 38.0 Å². The number of nitrogens with zero attached hydrogens (tertiary/aromatic N) is 2. The van der Waals surface area contributed by atoms with Crippen LogP contribution in [-0.4, -0.2) is 49.1 Å². The molecule has 1 amide bonds. The molecule has 3 aromatic carbocycles. The number of carboxylic acid groups (broad SMARTS) is 1. The molecule has 10 nitrogen and oxygen atoms in total. The minimum atomic E-state index is -0.845. The molecule has 44 heavy (non-hydrogen) atoms. The van der Waals surface area contributed by atoms with E-state index >= 15 is 0 Å². The van der Waals surface area contributed by atoms with Gasteiger partial charge in [0.2, 0.25) is 5.91 Å². The average Bonchev–Trinajstić information content (AvgIpc) is 3.59. The van der Waals surface area contributed by atoms with Gasteiger partial charge >= 0.3 is 5.97 Å². The molecule has 3 unspecified atom stereocenters. The monoisotopic (exact) mass is 616 g/mol. The molecule has 0 saturated carbocycles. The number of aromatic amines is 1. The number of hydrogen-bond donors (Lipinski definition) is 4. The maximum atomic E-state index is 12.2. The zero-order valence-electron chi connectivity index (χ0n) is 24.2. The molecule has 4 N–H and O–H groups in total. The molecule has 230 valence electrons. The molecule has 11 heteroatoms. The highest BCUT2D eigenvalue weighted by molar-refractivity contribution is 7.99. The van der Waals surface area contributed by atoms with Crippen molar-refractivity contribution in [3.05, 3.63) is 101 Å². The smallest absolute Gasteiger partial charge is 0.303 e. The second kappa shape index (κ2) is 15.6. The summed E-state index contributed by atoms with van der Waals surface area (Å²) in [4.78, 5) is 27.1. The summed E-state index contributed by atoms with van der Waals surface area (Å²) >= 11 is 1.55. The Hall–Kier alpha value is -4.03. The quantitative estimate of drug-likeness (QED) is 0.106. The lowest BCUT2D eigenvalue weighted by Gasteiger charge is -2.36. The largest absolute Gasteiger partial charge is 0.481 e. The number of H-pyrrole nitrogens is 1. The summed E-state index contributed by atoms with van der Waals surface area (Å²) in [5.74, 6) is -0.262. The van der Waals surface area contributed by atoms with E-state index in [4.69, 9.17) is 14.6 Å². The Balaban J connectivity index is 1.27. The van der Waals surface area contributed by atoms with E-state index in [2.05, 4.69) is 32.6 Å². The first-order valence-corrected chi connectivity index (χ1v) is 15.6. The molecular formula is C33H36N4O6S. The fourth-order valence-corrected chi connectivity index (χ4v) is 5.83. The number of nitrogens with one attached hydrogen (secondary N) is 2. The van der Waals surface area contributed by atoms with Crippen LogP contribution in [0.15, 0.2) is 84.3 Å². The molecule has 0 bridgehead atoms. The Bertz CT molecular complexity index is 1510. The van der Waals surface area contributed by atoms with Gasteiger partial charge in [0.15, 0.2) is 11.4 Å². The highest BCUT2D eigenvalue weighted by atomic mass is 32.2. The summed E-state index contributed by atoms with van der Waals surface area (Å²) in [6.07, 6.45) is 2.69. The summed E-state index contributed by atoms with van der Waals surface area (Å²) in [5.41, 5.74) is 5.74. The second-order valence-corrected chi connectivity index (χ2v) is 11.7. The van der Waals surface area contributed by atoms with Gasteiger partial charge in [0, 0.05) is 37.1 Å². The van der Waals surface area contributed by atoms with Crippen LogP contribution >= 0.6 is 11.8 Å². The lowest BCUT2D eigenvalue weighted by molar-refractivity contribution is -0.245. The number of aliphatic carboxylic acids is 1. The van der Waals surface area contributed by atoms with Crippen molar-refractivity contribution < 1.29 is 29.3 Å². The maximum absolute atomic E-state index is 12.2. The number of aliphatic hydroxyl groups excluding tert-OH is 1. The Morgan fingerprint density at radius 2 is 1.70 bits per heavy atom. The van der Waals surface area contributed by atoms with Crippen molar-refractivity contribution >= 4 is 23.6 Å². The predicted molar refractivity (Wildman–Crippen MR) is 165 cm³/mol. The number of carbonyl (C=O) groups excluding carboxylic acids is 1. The van der Waals surface area contributed by atoms with Gasteiger partial charge in [0.05, 0.1) is 18.8 Å². The molecule has 1 saturated heterocycles. The van der Waals surface area contributed by atoms with Crippen molar-refractivity contribution in [3.63, 3.8) is 0 Å². The van der Waals surface area contributed by atoms with Crippen LogP contribution in [0.25, 0.3) is 11.1 Å². The summed E-state index contributed by atoms with van der Waals surface area (Å²) in [7, 11) is 0. The Morgan fingerprint density at radius 3 is 2.45 bits per heavy atom. The zero-order chi connectivity index (χ0) is 30.7. The molecule has 0 radical (unpaired) electrons. The first-order chi connectivity index (χ1) is 21.5. The fraction of sp³-hybridized carbons (Fsp3) is 0.333. The molecule has 2 heterocycles. The number of thioether (sulfide) groups is 1. The van der Waals surface area contributed by atoms with Gasteiger partial charge in [-0.3, -0.25) is 14.7 Å². The molecule has 1 aliphatic heterocycles. The van der Waals surface area contributed by atoms with Gasteiger partial charge in [-0.05, 0) is 52.8 Å². The third kappa shape index (κ3) is 8.99. The summed E-state index contributed by atoms with van der Waals surface area (Å²) < 4.78 is 13.0. The van der Waals surface area contributed by atoms with Gasteiger partial charge in [-0.2, -0.15) is 5.10 Å². The topological polar surface area (TPSA) is 147 Å². The molecule has 0 aliphatic carbocycles.